The molecule has 10 N–H and O–H groups in total. The highest BCUT2D eigenvalue weighted by Crippen LogP contribution is 2.05. The van der Waals surface area contributed by atoms with Crippen molar-refractivity contribution in [1.82, 2.24) is 16.0 Å². The van der Waals surface area contributed by atoms with Crippen molar-refractivity contribution in [3.8, 4) is 0 Å². The average Bonchev–Trinajstić information content (AvgIpc) is 2.75. The maximum absolute atomic E-state index is 12.7. The van der Waals surface area contributed by atoms with Gasteiger partial charge >= 0.3 is 5.97 Å². The highest BCUT2D eigenvalue weighted by molar-refractivity contribution is 5.96. The summed E-state index contributed by atoms with van der Waals surface area (Å²) in [6.45, 7) is -1.60. The molecule has 1 aromatic carbocycles. The van der Waals surface area contributed by atoms with Gasteiger partial charge in [0.15, 0.2) is 0 Å². The Hall–Kier alpha value is -3.55. The third-order valence-electron chi connectivity index (χ3n) is 4.28. The highest BCUT2D eigenvalue weighted by atomic mass is 16.4. The summed E-state index contributed by atoms with van der Waals surface area (Å²) >= 11 is 0. The molecule has 13 nitrogen and oxygen atoms in total. The van der Waals surface area contributed by atoms with Crippen LogP contribution in [0.5, 0.6) is 0 Å². The SMILES string of the molecule is NC(=O)CC(NC(=O)C(N)CO)C(=O)NC(Cc1ccccc1)C(=O)NC(CO)C(=O)O. The number of nitrogens with one attached hydrogen (secondary N) is 3. The zero-order chi connectivity index (χ0) is 24.3. The topological polar surface area (TPSA) is 234 Å². The van der Waals surface area contributed by atoms with E-state index in [1.54, 1.807) is 30.3 Å². The fourth-order valence-electron chi connectivity index (χ4n) is 2.56. The maximum atomic E-state index is 12.7. The van der Waals surface area contributed by atoms with Crippen molar-refractivity contribution in [2.75, 3.05) is 13.2 Å². The van der Waals surface area contributed by atoms with Gasteiger partial charge in [-0.05, 0) is 5.56 Å². The first kappa shape index (κ1) is 26.5. The lowest BCUT2D eigenvalue weighted by Crippen LogP contribution is -2.58. The average molecular weight is 453 g/mol. The molecule has 0 radical (unpaired) electrons. The van der Waals surface area contributed by atoms with E-state index in [1.807, 2.05) is 0 Å². The standard InChI is InChI=1S/C19H27N5O8/c20-11(8-25)16(28)22-13(7-15(21)27)18(30)23-12(6-10-4-2-1-3-5-10)17(29)24-14(9-26)19(31)32/h1-5,11-14,25-26H,6-9,20H2,(H2,21,27)(H,22,28)(H,23,30)(H,24,29)(H,31,32). The summed E-state index contributed by atoms with van der Waals surface area (Å²) in [5.41, 5.74) is 11.1. The molecule has 176 valence electrons. The van der Waals surface area contributed by atoms with E-state index in [0.29, 0.717) is 5.56 Å². The molecule has 1 rings (SSSR count). The monoisotopic (exact) mass is 453 g/mol. The van der Waals surface area contributed by atoms with Gasteiger partial charge in [0, 0.05) is 6.42 Å². The predicted molar refractivity (Wildman–Crippen MR) is 110 cm³/mol. The molecule has 0 heterocycles. The Morgan fingerprint density at radius 3 is 1.84 bits per heavy atom. The number of amides is 4. The summed E-state index contributed by atoms with van der Waals surface area (Å²) in [4.78, 5) is 59.8. The van der Waals surface area contributed by atoms with Gasteiger partial charge in [-0.2, -0.15) is 0 Å². The van der Waals surface area contributed by atoms with Gasteiger partial charge in [-0.25, -0.2) is 4.79 Å². The number of benzene rings is 1. The molecule has 0 spiro atoms. The van der Waals surface area contributed by atoms with Crippen molar-refractivity contribution < 1.29 is 39.3 Å². The third-order valence-corrected chi connectivity index (χ3v) is 4.28. The summed E-state index contributed by atoms with van der Waals surface area (Å²) in [6, 6.07) is 2.63. The van der Waals surface area contributed by atoms with Crippen LogP contribution in [0.3, 0.4) is 0 Å². The second-order valence-electron chi connectivity index (χ2n) is 6.85. The molecule has 0 aliphatic heterocycles. The zero-order valence-corrected chi connectivity index (χ0v) is 17.1. The van der Waals surface area contributed by atoms with E-state index in [-0.39, 0.29) is 6.42 Å². The van der Waals surface area contributed by atoms with Crippen LogP contribution in [-0.2, 0) is 30.4 Å². The van der Waals surface area contributed by atoms with Gasteiger partial charge in [-0.15, -0.1) is 0 Å². The Bertz CT molecular complexity index is 819. The minimum Gasteiger partial charge on any atom is -0.480 e. The second-order valence-corrected chi connectivity index (χ2v) is 6.85. The number of hydrogen-bond donors (Lipinski definition) is 8. The molecule has 4 amide bonds. The first-order valence-corrected chi connectivity index (χ1v) is 9.52. The van der Waals surface area contributed by atoms with E-state index in [2.05, 4.69) is 16.0 Å². The fourth-order valence-corrected chi connectivity index (χ4v) is 2.56. The van der Waals surface area contributed by atoms with Crippen LogP contribution in [0.15, 0.2) is 30.3 Å². The zero-order valence-electron chi connectivity index (χ0n) is 17.1. The Morgan fingerprint density at radius 2 is 1.34 bits per heavy atom. The van der Waals surface area contributed by atoms with E-state index in [4.69, 9.17) is 26.8 Å². The van der Waals surface area contributed by atoms with Gasteiger partial charge in [0.05, 0.1) is 19.6 Å². The quantitative estimate of drug-likeness (QED) is 0.145. The molecular formula is C19H27N5O8. The summed E-state index contributed by atoms with van der Waals surface area (Å²) in [7, 11) is 0. The molecular weight excluding hydrogens is 426 g/mol. The molecule has 1 aromatic rings. The Labute approximate surface area is 183 Å². The van der Waals surface area contributed by atoms with Gasteiger partial charge in [-0.1, -0.05) is 30.3 Å². The van der Waals surface area contributed by atoms with E-state index in [0.717, 1.165) is 0 Å². The van der Waals surface area contributed by atoms with E-state index in [1.165, 1.54) is 0 Å². The number of aliphatic hydroxyl groups is 2. The van der Waals surface area contributed by atoms with Crippen LogP contribution < -0.4 is 27.4 Å². The first-order valence-electron chi connectivity index (χ1n) is 9.52. The number of hydrogen-bond acceptors (Lipinski definition) is 8. The number of carbonyl (C=O) groups excluding carboxylic acids is 4. The molecule has 0 aromatic heterocycles. The summed E-state index contributed by atoms with van der Waals surface area (Å²) < 4.78 is 0. The van der Waals surface area contributed by atoms with Crippen LogP contribution in [0.4, 0.5) is 0 Å². The minimum absolute atomic E-state index is 0.0659. The number of nitrogens with two attached hydrogens (primary N) is 2. The van der Waals surface area contributed by atoms with Crippen LogP contribution >= 0.6 is 0 Å². The molecule has 0 aliphatic carbocycles. The second kappa shape index (κ2) is 13.0. The van der Waals surface area contributed by atoms with Crippen LogP contribution in [0.25, 0.3) is 0 Å². The van der Waals surface area contributed by atoms with Crippen molar-refractivity contribution in [3.05, 3.63) is 35.9 Å². The Morgan fingerprint density at radius 1 is 0.812 bits per heavy atom. The molecule has 0 fully saturated rings. The van der Waals surface area contributed by atoms with Gasteiger partial charge in [0.2, 0.25) is 23.6 Å². The van der Waals surface area contributed by atoms with Crippen LogP contribution in [0.1, 0.15) is 12.0 Å². The molecule has 0 saturated heterocycles. The lowest BCUT2D eigenvalue weighted by molar-refractivity contribution is -0.143. The summed E-state index contributed by atoms with van der Waals surface area (Å²) in [6.07, 6.45) is -0.687. The lowest BCUT2D eigenvalue weighted by atomic mass is 10.0. The maximum Gasteiger partial charge on any atom is 0.328 e. The largest absolute Gasteiger partial charge is 0.480 e. The Kier molecular flexibility index (Phi) is 10.8. The molecule has 32 heavy (non-hydrogen) atoms. The summed E-state index contributed by atoms with van der Waals surface area (Å²) in [5, 5.41) is 33.8. The van der Waals surface area contributed by atoms with E-state index in [9.17, 15) is 24.0 Å². The van der Waals surface area contributed by atoms with Crippen molar-refractivity contribution >= 4 is 29.6 Å². The van der Waals surface area contributed by atoms with Crippen molar-refractivity contribution in [3.63, 3.8) is 0 Å². The number of aliphatic carboxylic acids is 1. The van der Waals surface area contributed by atoms with Crippen molar-refractivity contribution in [2.45, 2.75) is 37.0 Å². The first-order chi connectivity index (χ1) is 15.1. The molecule has 0 aliphatic rings. The van der Waals surface area contributed by atoms with Gasteiger partial charge in [-0.3, -0.25) is 19.2 Å². The number of carboxylic acids is 1. The van der Waals surface area contributed by atoms with E-state index < -0.39 is 73.4 Å². The normalized spacial score (nSPS) is 14.3. The van der Waals surface area contributed by atoms with Gasteiger partial charge in [0.1, 0.15) is 24.2 Å². The summed E-state index contributed by atoms with van der Waals surface area (Å²) in [5.74, 6) is -5.22. The van der Waals surface area contributed by atoms with Gasteiger partial charge < -0.3 is 42.7 Å². The fraction of sp³-hybridized carbons (Fsp3) is 0.421. The number of carbonyl (C=O) groups is 5. The molecule has 13 heteroatoms. The number of aliphatic hydroxyl groups excluding tert-OH is 2. The molecule has 0 saturated carbocycles. The molecule has 4 atom stereocenters. The molecule has 0 bridgehead atoms. The third kappa shape index (κ3) is 8.67. The van der Waals surface area contributed by atoms with Crippen LogP contribution in [0, 0.1) is 0 Å². The highest BCUT2D eigenvalue weighted by Gasteiger charge is 2.31. The van der Waals surface area contributed by atoms with E-state index >= 15 is 0 Å². The number of carboxylic acid groups (broad SMARTS) is 1. The minimum atomic E-state index is -1.61. The van der Waals surface area contributed by atoms with Gasteiger partial charge in [0.25, 0.3) is 0 Å². The Balaban J connectivity index is 3.08. The van der Waals surface area contributed by atoms with Crippen molar-refractivity contribution in [2.24, 2.45) is 11.5 Å². The smallest absolute Gasteiger partial charge is 0.328 e. The predicted octanol–water partition coefficient (Wildman–Crippen LogP) is -4.04. The number of rotatable bonds is 13. The molecule has 4 unspecified atom stereocenters. The lowest BCUT2D eigenvalue weighted by Gasteiger charge is -2.24. The number of primary amides is 1. The van der Waals surface area contributed by atoms with Crippen LogP contribution in [-0.4, -0.2) is 82.3 Å². The van der Waals surface area contributed by atoms with Crippen molar-refractivity contribution in [1.29, 1.82) is 0 Å². The van der Waals surface area contributed by atoms with Crippen LogP contribution in [0.2, 0.25) is 0 Å².